The fourth-order valence-electron chi connectivity index (χ4n) is 1.06. The largest absolute Gasteiger partial charge is 0.488 e. The molecule has 1 aromatic rings. The number of halogens is 3. The first kappa shape index (κ1) is 13.3. The van der Waals surface area contributed by atoms with Crippen molar-refractivity contribution in [1.29, 1.82) is 0 Å². The molecule has 1 N–H and O–H groups in total. The molecule has 1 rings (SSSR count). The van der Waals surface area contributed by atoms with E-state index in [0.29, 0.717) is 4.47 Å². The number of benzene rings is 1. The van der Waals surface area contributed by atoms with E-state index in [0.717, 1.165) is 6.07 Å². The average molecular weight is 297 g/mol. The number of rotatable bonds is 5. The van der Waals surface area contributed by atoms with Crippen LogP contribution in [-0.4, -0.2) is 31.5 Å². The number of aliphatic hydroxyl groups excluding tert-OH is 1. The van der Waals surface area contributed by atoms with Gasteiger partial charge in [0.15, 0.2) is 11.6 Å². The maximum Gasteiger partial charge on any atom is 0.200 e. The molecule has 0 aromatic heterocycles. The summed E-state index contributed by atoms with van der Waals surface area (Å²) in [5.74, 6) is -2.33. The Labute approximate surface area is 100 Å². The lowest BCUT2D eigenvalue weighted by Gasteiger charge is -2.12. The molecular weight excluding hydrogens is 286 g/mol. The summed E-state index contributed by atoms with van der Waals surface area (Å²) in [5, 5.41) is 9.26. The SMILES string of the molecule is COC[C@@H](O)COc1cc(Br)cc(F)c1F. The summed E-state index contributed by atoms with van der Waals surface area (Å²) >= 11 is 3.01. The molecular formula is C10H11BrF2O3. The van der Waals surface area contributed by atoms with Gasteiger partial charge in [0.1, 0.15) is 12.7 Å². The van der Waals surface area contributed by atoms with Crippen molar-refractivity contribution < 1.29 is 23.4 Å². The molecule has 0 saturated heterocycles. The summed E-state index contributed by atoms with van der Waals surface area (Å²) < 4.78 is 36.1. The van der Waals surface area contributed by atoms with Crippen molar-refractivity contribution >= 4 is 15.9 Å². The second-order valence-corrected chi connectivity index (χ2v) is 4.04. The second kappa shape index (κ2) is 6.12. The minimum Gasteiger partial charge on any atom is -0.488 e. The number of aliphatic hydroxyl groups is 1. The standard InChI is InChI=1S/C10H11BrF2O3/c1-15-4-7(14)5-16-9-3-6(11)2-8(12)10(9)13/h2-3,7,14H,4-5H2,1H3/t7-/m1/s1. The van der Waals surface area contributed by atoms with E-state index >= 15 is 0 Å². The Morgan fingerprint density at radius 3 is 2.69 bits per heavy atom. The highest BCUT2D eigenvalue weighted by molar-refractivity contribution is 9.10. The number of ether oxygens (including phenoxy) is 2. The van der Waals surface area contributed by atoms with Crippen LogP contribution in [0.15, 0.2) is 16.6 Å². The third-order valence-corrected chi connectivity index (χ3v) is 2.21. The molecule has 0 heterocycles. The zero-order chi connectivity index (χ0) is 12.1. The summed E-state index contributed by atoms with van der Waals surface area (Å²) in [6, 6.07) is 2.28. The summed E-state index contributed by atoms with van der Waals surface area (Å²) in [6.45, 7) is -0.0985. The van der Waals surface area contributed by atoms with Gasteiger partial charge in [0, 0.05) is 11.6 Å². The van der Waals surface area contributed by atoms with Gasteiger partial charge < -0.3 is 14.6 Å². The topological polar surface area (TPSA) is 38.7 Å². The Morgan fingerprint density at radius 1 is 1.38 bits per heavy atom. The van der Waals surface area contributed by atoms with Crippen LogP contribution in [0.1, 0.15) is 0 Å². The maximum absolute atomic E-state index is 13.2. The van der Waals surface area contributed by atoms with E-state index in [9.17, 15) is 13.9 Å². The van der Waals surface area contributed by atoms with Crippen LogP contribution in [0.25, 0.3) is 0 Å². The zero-order valence-electron chi connectivity index (χ0n) is 8.54. The zero-order valence-corrected chi connectivity index (χ0v) is 10.1. The van der Waals surface area contributed by atoms with Crippen molar-refractivity contribution in [2.24, 2.45) is 0 Å². The normalized spacial score (nSPS) is 12.6. The third-order valence-electron chi connectivity index (χ3n) is 1.75. The molecule has 0 fully saturated rings. The number of methoxy groups -OCH3 is 1. The highest BCUT2D eigenvalue weighted by atomic mass is 79.9. The molecule has 0 aliphatic rings. The summed E-state index contributed by atoms with van der Waals surface area (Å²) in [5.41, 5.74) is 0. The van der Waals surface area contributed by atoms with Crippen LogP contribution in [0.4, 0.5) is 8.78 Å². The van der Waals surface area contributed by atoms with Gasteiger partial charge in [-0.25, -0.2) is 4.39 Å². The highest BCUT2D eigenvalue weighted by Crippen LogP contribution is 2.25. The van der Waals surface area contributed by atoms with Crippen molar-refractivity contribution in [3.8, 4) is 5.75 Å². The van der Waals surface area contributed by atoms with Gasteiger partial charge >= 0.3 is 0 Å². The Morgan fingerprint density at radius 2 is 2.06 bits per heavy atom. The Kier molecular flexibility index (Phi) is 5.11. The second-order valence-electron chi connectivity index (χ2n) is 3.12. The van der Waals surface area contributed by atoms with Gasteiger partial charge in [-0.1, -0.05) is 15.9 Å². The van der Waals surface area contributed by atoms with Gasteiger partial charge in [-0.2, -0.15) is 4.39 Å². The average Bonchev–Trinajstić information content (AvgIpc) is 2.21. The van der Waals surface area contributed by atoms with Crippen LogP contribution in [0.3, 0.4) is 0 Å². The Bertz CT molecular complexity index is 360. The maximum atomic E-state index is 13.2. The monoisotopic (exact) mass is 296 g/mol. The van der Waals surface area contributed by atoms with Crippen molar-refractivity contribution in [1.82, 2.24) is 0 Å². The van der Waals surface area contributed by atoms with Gasteiger partial charge in [-0.05, 0) is 12.1 Å². The molecule has 6 heteroatoms. The van der Waals surface area contributed by atoms with E-state index in [2.05, 4.69) is 20.7 Å². The summed E-state index contributed by atoms with van der Waals surface area (Å²) in [7, 11) is 1.42. The highest BCUT2D eigenvalue weighted by Gasteiger charge is 2.13. The fourth-order valence-corrected chi connectivity index (χ4v) is 1.47. The fraction of sp³-hybridized carbons (Fsp3) is 0.400. The van der Waals surface area contributed by atoms with Gasteiger partial charge in [0.2, 0.25) is 5.82 Å². The molecule has 16 heavy (non-hydrogen) atoms. The first-order valence-electron chi connectivity index (χ1n) is 4.49. The molecule has 0 aliphatic heterocycles. The Hall–Kier alpha value is -0.720. The van der Waals surface area contributed by atoms with E-state index < -0.39 is 17.7 Å². The smallest absolute Gasteiger partial charge is 0.200 e. The number of hydrogen-bond donors (Lipinski definition) is 1. The molecule has 1 aromatic carbocycles. The molecule has 0 radical (unpaired) electrons. The minimum atomic E-state index is -1.08. The van der Waals surface area contributed by atoms with Gasteiger partial charge in [0.25, 0.3) is 0 Å². The van der Waals surface area contributed by atoms with Crippen LogP contribution in [0, 0.1) is 11.6 Å². The molecule has 90 valence electrons. The third kappa shape index (κ3) is 3.70. The predicted molar refractivity (Wildman–Crippen MR) is 57.4 cm³/mol. The lowest BCUT2D eigenvalue weighted by atomic mass is 10.3. The van der Waals surface area contributed by atoms with E-state index in [1.165, 1.54) is 13.2 Å². The van der Waals surface area contributed by atoms with Crippen molar-refractivity contribution in [2.45, 2.75) is 6.10 Å². The van der Waals surface area contributed by atoms with Gasteiger partial charge in [-0.15, -0.1) is 0 Å². The van der Waals surface area contributed by atoms with Crippen LogP contribution in [-0.2, 0) is 4.74 Å². The molecule has 0 amide bonds. The van der Waals surface area contributed by atoms with Crippen molar-refractivity contribution in [3.63, 3.8) is 0 Å². The number of hydrogen-bond acceptors (Lipinski definition) is 3. The van der Waals surface area contributed by atoms with Crippen molar-refractivity contribution in [3.05, 3.63) is 28.2 Å². The van der Waals surface area contributed by atoms with Crippen LogP contribution in [0.5, 0.6) is 5.75 Å². The molecule has 0 bridgehead atoms. The van der Waals surface area contributed by atoms with Crippen LogP contribution < -0.4 is 4.74 Å². The van der Waals surface area contributed by atoms with Gasteiger partial charge in [-0.3, -0.25) is 0 Å². The molecule has 0 spiro atoms. The predicted octanol–water partition coefficient (Wildman–Crippen LogP) is 2.11. The first-order valence-corrected chi connectivity index (χ1v) is 5.28. The molecule has 1 atom stereocenters. The minimum absolute atomic E-state index is 0.0676. The summed E-state index contributed by atoms with van der Waals surface area (Å²) in [6.07, 6.45) is -0.883. The first-order chi connectivity index (χ1) is 7.54. The lowest BCUT2D eigenvalue weighted by Crippen LogP contribution is -2.23. The molecule has 0 saturated carbocycles. The van der Waals surface area contributed by atoms with E-state index in [-0.39, 0.29) is 19.0 Å². The quantitative estimate of drug-likeness (QED) is 0.846. The van der Waals surface area contributed by atoms with E-state index in [4.69, 9.17) is 4.74 Å². The molecule has 0 unspecified atom stereocenters. The molecule has 0 aliphatic carbocycles. The Balaban J connectivity index is 2.66. The van der Waals surface area contributed by atoms with Crippen LogP contribution in [0.2, 0.25) is 0 Å². The van der Waals surface area contributed by atoms with Crippen LogP contribution >= 0.6 is 15.9 Å². The summed E-state index contributed by atoms with van der Waals surface area (Å²) in [4.78, 5) is 0. The van der Waals surface area contributed by atoms with Crippen molar-refractivity contribution in [2.75, 3.05) is 20.3 Å². The van der Waals surface area contributed by atoms with E-state index in [1.807, 2.05) is 0 Å². The molecule has 3 nitrogen and oxygen atoms in total. The lowest BCUT2D eigenvalue weighted by molar-refractivity contribution is 0.0314. The van der Waals surface area contributed by atoms with Gasteiger partial charge in [0.05, 0.1) is 6.61 Å². The van der Waals surface area contributed by atoms with E-state index in [1.54, 1.807) is 0 Å².